The summed E-state index contributed by atoms with van der Waals surface area (Å²) in [5.41, 5.74) is 0.122. The van der Waals surface area contributed by atoms with E-state index in [2.05, 4.69) is 5.32 Å². The Kier molecular flexibility index (Phi) is 5.58. The van der Waals surface area contributed by atoms with Gasteiger partial charge in [-0.2, -0.15) is 13.2 Å². The van der Waals surface area contributed by atoms with Crippen LogP contribution in [0.1, 0.15) is 17.5 Å². The first kappa shape index (κ1) is 19.7. The number of ether oxygens (including phenoxy) is 1. The third-order valence-corrected chi connectivity index (χ3v) is 4.62. The lowest BCUT2D eigenvalue weighted by molar-refractivity contribution is -0.137. The molecule has 0 bridgehead atoms. The number of alkyl halides is 3. The van der Waals surface area contributed by atoms with Crippen molar-refractivity contribution in [3.8, 4) is 5.75 Å². The number of para-hydroxylation sites is 2. The van der Waals surface area contributed by atoms with Crippen LogP contribution in [-0.4, -0.2) is 25.5 Å². The summed E-state index contributed by atoms with van der Waals surface area (Å²) < 4.78 is 43.6. The quantitative estimate of drug-likeness (QED) is 0.794. The zero-order valence-electron chi connectivity index (χ0n) is 15.1. The molecule has 1 unspecified atom stereocenters. The molecule has 0 aliphatic carbocycles. The van der Waals surface area contributed by atoms with Crippen molar-refractivity contribution < 1.29 is 27.5 Å². The number of hydrogen-bond acceptors (Lipinski definition) is 3. The fourth-order valence-corrected chi connectivity index (χ4v) is 3.19. The molecule has 3 rings (SSSR count). The van der Waals surface area contributed by atoms with Crippen molar-refractivity contribution in [2.75, 3.05) is 18.6 Å². The fourth-order valence-electron chi connectivity index (χ4n) is 3.19. The summed E-state index contributed by atoms with van der Waals surface area (Å²) in [7, 11) is 1.50. The predicted molar refractivity (Wildman–Crippen MR) is 96.7 cm³/mol. The van der Waals surface area contributed by atoms with E-state index in [1.807, 2.05) is 0 Å². The minimum atomic E-state index is -4.45. The molecule has 2 amide bonds. The molecule has 5 nitrogen and oxygen atoms in total. The van der Waals surface area contributed by atoms with Crippen molar-refractivity contribution in [3.63, 3.8) is 0 Å². The summed E-state index contributed by atoms with van der Waals surface area (Å²) in [4.78, 5) is 26.6. The summed E-state index contributed by atoms with van der Waals surface area (Å²) in [5, 5.41) is 2.57. The molecule has 1 fully saturated rings. The highest BCUT2D eigenvalue weighted by Crippen LogP contribution is 2.33. The van der Waals surface area contributed by atoms with Crippen molar-refractivity contribution in [2.24, 2.45) is 5.92 Å². The maximum atomic E-state index is 12.8. The van der Waals surface area contributed by atoms with Crippen molar-refractivity contribution >= 4 is 17.5 Å². The minimum absolute atomic E-state index is 0.0822. The molecular weight excluding hydrogens is 373 g/mol. The molecule has 28 heavy (non-hydrogen) atoms. The predicted octanol–water partition coefficient (Wildman–Crippen LogP) is 3.38. The number of nitrogens with zero attached hydrogens (tertiary/aromatic N) is 1. The van der Waals surface area contributed by atoms with Crippen molar-refractivity contribution in [1.82, 2.24) is 5.32 Å². The fraction of sp³-hybridized carbons (Fsp3) is 0.300. The van der Waals surface area contributed by atoms with Crippen LogP contribution in [0.15, 0.2) is 48.5 Å². The highest BCUT2D eigenvalue weighted by Gasteiger charge is 2.38. The van der Waals surface area contributed by atoms with Gasteiger partial charge >= 0.3 is 6.18 Å². The lowest BCUT2D eigenvalue weighted by atomic mass is 10.1. The van der Waals surface area contributed by atoms with Gasteiger partial charge in [-0.25, -0.2) is 0 Å². The molecule has 0 radical (unpaired) electrons. The van der Waals surface area contributed by atoms with Gasteiger partial charge in [0, 0.05) is 13.1 Å². The first-order valence-corrected chi connectivity index (χ1v) is 8.69. The van der Waals surface area contributed by atoms with Gasteiger partial charge in [-0.3, -0.25) is 9.59 Å². The van der Waals surface area contributed by atoms with E-state index in [0.717, 1.165) is 12.1 Å². The number of carbonyl (C=O) groups is 2. The Balaban J connectivity index is 1.65. The van der Waals surface area contributed by atoms with E-state index in [0.29, 0.717) is 30.0 Å². The molecule has 8 heteroatoms. The Hall–Kier alpha value is -3.03. The van der Waals surface area contributed by atoms with Crippen LogP contribution in [0.25, 0.3) is 0 Å². The van der Waals surface area contributed by atoms with E-state index < -0.39 is 23.6 Å². The van der Waals surface area contributed by atoms with Crippen LogP contribution in [0.4, 0.5) is 18.9 Å². The van der Waals surface area contributed by atoms with Crippen molar-refractivity contribution in [2.45, 2.75) is 19.1 Å². The van der Waals surface area contributed by atoms with Gasteiger partial charge in [-0.05, 0) is 36.2 Å². The molecule has 1 atom stereocenters. The molecular formula is C20H19F3N2O3. The second-order valence-corrected chi connectivity index (χ2v) is 6.42. The maximum absolute atomic E-state index is 12.8. The lowest BCUT2D eigenvalue weighted by Gasteiger charge is -2.19. The second kappa shape index (κ2) is 7.92. The number of amides is 2. The zero-order valence-corrected chi connectivity index (χ0v) is 15.1. The average molecular weight is 392 g/mol. The van der Waals surface area contributed by atoms with Crippen LogP contribution >= 0.6 is 0 Å². The standard InChI is InChI=1S/C20H19F3N2O3/c1-28-17-8-3-2-7-16(17)25-10-9-15(19(25)27)18(26)24-12-13-5-4-6-14(11-13)20(21,22)23/h2-8,11,15H,9-10,12H2,1H3,(H,24,26). The van der Waals surface area contributed by atoms with Crippen LogP contribution in [0.5, 0.6) is 5.75 Å². The van der Waals surface area contributed by atoms with Crippen LogP contribution in [0.2, 0.25) is 0 Å². The van der Waals surface area contributed by atoms with Gasteiger partial charge in [0.2, 0.25) is 11.8 Å². The number of nitrogens with one attached hydrogen (secondary N) is 1. The highest BCUT2D eigenvalue weighted by molar-refractivity contribution is 6.10. The number of hydrogen-bond donors (Lipinski definition) is 1. The summed E-state index contributed by atoms with van der Waals surface area (Å²) in [6.07, 6.45) is -4.12. The topological polar surface area (TPSA) is 58.6 Å². The van der Waals surface area contributed by atoms with E-state index in [1.54, 1.807) is 24.3 Å². The summed E-state index contributed by atoms with van der Waals surface area (Å²) in [5.74, 6) is -1.21. The number of benzene rings is 2. The van der Waals surface area contributed by atoms with Gasteiger partial charge < -0.3 is 15.0 Å². The largest absolute Gasteiger partial charge is 0.495 e. The number of methoxy groups -OCH3 is 1. The van der Waals surface area contributed by atoms with Gasteiger partial charge in [-0.15, -0.1) is 0 Å². The molecule has 2 aromatic carbocycles. The Labute approximate surface area is 160 Å². The number of anilines is 1. The molecule has 1 aliphatic heterocycles. The number of carbonyl (C=O) groups excluding carboxylic acids is 2. The van der Waals surface area contributed by atoms with Gasteiger partial charge in [0.15, 0.2) is 0 Å². The van der Waals surface area contributed by atoms with Crippen LogP contribution in [0, 0.1) is 5.92 Å². The minimum Gasteiger partial charge on any atom is -0.495 e. The van der Waals surface area contributed by atoms with E-state index in [-0.39, 0.29) is 12.5 Å². The molecule has 2 aromatic rings. The molecule has 1 aliphatic rings. The van der Waals surface area contributed by atoms with Gasteiger partial charge in [0.1, 0.15) is 11.7 Å². The summed E-state index contributed by atoms with van der Waals surface area (Å²) in [6.45, 7) is 0.280. The first-order chi connectivity index (χ1) is 13.3. The first-order valence-electron chi connectivity index (χ1n) is 8.69. The Morgan fingerprint density at radius 1 is 1.21 bits per heavy atom. The van der Waals surface area contributed by atoms with E-state index >= 15 is 0 Å². The van der Waals surface area contributed by atoms with Gasteiger partial charge in [-0.1, -0.05) is 24.3 Å². The van der Waals surface area contributed by atoms with E-state index in [9.17, 15) is 22.8 Å². The van der Waals surface area contributed by atoms with Crippen LogP contribution in [0.3, 0.4) is 0 Å². The molecule has 148 valence electrons. The summed E-state index contributed by atoms with van der Waals surface area (Å²) in [6, 6.07) is 11.7. The Morgan fingerprint density at radius 3 is 2.68 bits per heavy atom. The second-order valence-electron chi connectivity index (χ2n) is 6.42. The molecule has 0 saturated carbocycles. The third-order valence-electron chi connectivity index (χ3n) is 4.62. The average Bonchev–Trinajstić information content (AvgIpc) is 3.07. The van der Waals surface area contributed by atoms with Gasteiger partial charge in [0.25, 0.3) is 0 Å². The number of rotatable bonds is 5. The molecule has 0 aromatic heterocycles. The van der Waals surface area contributed by atoms with Gasteiger partial charge in [0.05, 0.1) is 18.4 Å². The highest BCUT2D eigenvalue weighted by atomic mass is 19.4. The normalized spacial score (nSPS) is 16.9. The monoisotopic (exact) mass is 392 g/mol. The van der Waals surface area contributed by atoms with Crippen molar-refractivity contribution in [1.29, 1.82) is 0 Å². The van der Waals surface area contributed by atoms with Crippen molar-refractivity contribution in [3.05, 3.63) is 59.7 Å². The van der Waals surface area contributed by atoms with Crippen LogP contribution in [-0.2, 0) is 22.3 Å². The molecule has 0 spiro atoms. The Morgan fingerprint density at radius 2 is 1.96 bits per heavy atom. The molecule has 1 saturated heterocycles. The van der Waals surface area contributed by atoms with E-state index in [1.165, 1.54) is 24.1 Å². The zero-order chi connectivity index (χ0) is 20.3. The Bertz CT molecular complexity index is 883. The van der Waals surface area contributed by atoms with E-state index in [4.69, 9.17) is 4.74 Å². The van der Waals surface area contributed by atoms with Crippen LogP contribution < -0.4 is 15.0 Å². The number of halogens is 3. The smallest absolute Gasteiger partial charge is 0.416 e. The maximum Gasteiger partial charge on any atom is 0.416 e. The lowest BCUT2D eigenvalue weighted by Crippen LogP contribution is -2.36. The molecule has 1 heterocycles. The molecule has 1 N–H and O–H groups in total. The third kappa shape index (κ3) is 4.11. The summed E-state index contributed by atoms with van der Waals surface area (Å²) >= 11 is 0. The SMILES string of the molecule is COc1ccccc1N1CCC(C(=O)NCc2cccc(C(F)(F)F)c2)C1=O.